The van der Waals surface area contributed by atoms with Crippen molar-refractivity contribution < 1.29 is 9.84 Å². The number of ether oxygens (including phenoxy) is 1. The third kappa shape index (κ3) is 6.42. The zero-order valence-corrected chi connectivity index (χ0v) is 13.3. The fraction of sp³-hybridized carbons (Fsp3) is 0.667. The Kier molecular flexibility index (Phi) is 8.36. The fourth-order valence-electron chi connectivity index (χ4n) is 2.35. The second kappa shape index (κ2) is 9.82. The topological polar surface area (TPSA) is 29.5 Å². The average Bonchev–Trinajstić information content (AvgIpc) is 2.41. The van der Waals surface area contributed by atoms with Gasteiger partial charge in [-0.2, -0.15) is 0 Å². The minimum absolute atomic E-state index is 0.473. The molecule has 1 rings (SSSR count). The molecule has 2 heteroatoms. The van der Waals surface area contributed by atoms with Crippen LogP contribution in [0.5, 0.6) is 5.75 Å². The summed E-state index contributed by atoms with van der Waals surface area (Å²) in [5.74, 6) is 0.839. The van der Waals surface area contributed by atoms with E-state index in [1.807, 2.05) is 25.1 Å². The number of benzene rings is 1. The van der Waals surface area contributed by atoms with E-state index in [2.05, 4.69) is 6.92 Å². The SMILES string of the molecule is CCCCCCCCCOc1cc(C)ccc1[C@@H](C)O. The molecule has 1 atom stereocenters. The highest BCUT2D eigenvalue weighted by Gasteiger charge is 2.09. The Morgan fingerprint density at radius 2 is 1.70 bits per heavy atom. The van der Waals surface area contributed by atoms with Gasteiger partial charge < -0.3 is 9.84 Å². The van der Waals surface area contributed by atoms with Crippen molar-refractivity contribution in [2.24, 2.45) is 0 Å². The zero-order chi connectivity index (χ0) is 14.8. The highest BCUT2D eigenvalue weighted by molar-refractivity contribution is 5.38. The van der Waals surface area contributed by atoms with E-state index >= 15 is 0 Å². The van der Waals surface area contributed by atoms with Crippen molar-refractivity contribution in [1.29, 1.82) is 0 Å². The second-order valence-corrected chi connectivity index (χ2v) is 5.69. The Morgan fingerprint density at radius 3 is 2.35 bits per heavy atom. The Bertz CT molecular complexity index is 372. The van der Waals surface area contributed by atoms with Gasteiger partial charge >= 0.3 is 0 Å². The first kappa shape index (κ1) is 17.0. The summed E-state index contributed by atoms with van der Waals surface area (Å²) in [6, 6.07) is 5.99. The standard InChI is InChI=1S/C18H30O2/c1-4-5-6-7-8-9-10-13-20-18-14-15(2)11-12-17(18)16(3)19/h11-12,14,16,19H,4-10,13H2,1-3H3/t16-/m1/s1. The van der Waals surface area contributed by atoms with Crippen LogP contribution < -0.4 is 4.74 Å². The van der Waals surface area contributed by atoms with Gasteiger partial charge in [0.15, 0.2) is 0 Å². The van der Waals surface area contributed by atoms with Crippen molar-refractivity contribution in [3.05, 3.63) is 29.3 Å². The quantitative estimate of drug-likeness (QED) is 0.598. The van der Waals surface area contributed by atoms with Gasteiger partial charge in [0.25, 0.3) is 0 Å². The average molecular weight is 278 g/mol. The first-order valence-electron chi connectivity index (χ1n) is 8.06. The van der Waals surface area contributed by atoms with Crippen molar-refractivity contribution in [2.45, 2.75) is 71.8 Å². The molecule has 0 aliphatic heterocycles. The predicted molar refractivity (Wildman–Crippen MR) is 85.3 cm³/mol. The minimum Gasteiger partial charge on any atom is -0.493 e. The van der Waals surface area contributed by atoms with E-state index in [0.717, 1.165) is 24.3 Å². The van der Waals surface area contributed by atoms with Crippen molar-refractivity contribution in [3.8, 4) is 5.75 Å². The zero-order valence-electron chi connectivity index (χ0n) is 13.3. The van der Waals surface area contributed by atoms with Gasteiger partial charge in [0, 0.05) is 5.56 Å². The maximum atomic E-state index is 9.74. The van der Waals surface area contributed by atoms with Crippen molar-refractivity contribution >= 4 is 0 Å². The lowest BCUT2D eigenvalue weighted by molar-refractivity contribution is 0.190. The van der Waals surface area contributed by atoms with Gasteiger partial charge in [-0.25, -0.2) is 0 Å². The van der Waals surface area contributed by atoms with Gasteiger partial charge in [-0.05, 0) is 31.9 Å². The van der Waals surface area contributed by atoms with Gasteiger partial charge in [-0.3, -0.25) is 0 Å². The molecule has 0 heterocycles. The van der Waals surface area contributed by atoms with Crippen LogP contribution in [0.1, 0.15) is 76.0 Å². The van der Waals surface area contributed by atoms with Gasteiger partial charge in [-0.15, -0.1) is 0 Å². The largest absolute Gasteiger partial charge is 0.493 e. The van der Waals surface area contributed by atoms with Crippen LogP contribution in [-0.4, -0.2) is 11.7 Å². The predicted octanol–water partition coefficient (Wildman–Crippen LogP) is 5.18. The first-order valence-corrected chi connectivity index (χ1v) is 8.06. The third-order valence-corrected chi connectivity index (χ3v) is 3.62. The van der Waals surface area contributed by atoms with E-state index in [9.17, 15) is 5.11 Å². The van der Waals surface area contributed by atoms with Gasteiger partial charge in [0.1, 0.15) is 5.75 Å². The summed E-state index contributed by atoms with van der Waals surface area (Å²) < 4.78 is 5.85. The van der Waals surface area contributed by atoms with Crippen LogP contribution >= 0.6 is 0 Å². The van der Waals surface area contributed by atoms with Crippen LogP contribution in [0.3, 0.4) is 0 Å². The molecule has 1 N–H and O–H groups in total. The molecule has 0 fully saturated rings. The summed E-state index contributed by atoms with van der Waals surface area (Å²) in [5.41, 5.74) is 2.06. The third-order valence-electron chi connectivity index (χ3n) is 3.62. The molecule has 0 radical (unpaired) electrons. The Labute approximate surface area is 124 Å². The summed E-state index contributed by atoms with van der Waals surface area (Å²) in [7, 11) is 0. The molecular formula is C18H30O2. The van der Waals surface area contributed by atoms with E-state index in [0.29, 0.717) is 0 Å². The molecule has 0 aliphatic rings. The molecule has 2 nitrogen and oxygen atoms in total. The molecule has 0 aliphatic carbocycles. The summed E-state index contributed by atoms with van der Waals surface area (Å²) in [6.07, 6.45) is 8.54. The molecule has 1 aromatic rings. The number of aliphatic hydroxyl groups is 1. The summed E-state index contributed by atoms with van der Waals surface area (Å²) >= 11 is 0. The van der Waals surface area contributed by atoms with E-state index < -0.39 is 6.10 Å². The van der Waals surface area contributed by atoms with Crippen LogP contribution in [0.15, 0.2) is 18.2 Å². The smallest absolute Gasteiger partial charge is 0.125 e. The number of hydrogen-bond acceptors (Lipinski definition) is 2. The molecule has 0 saturated carbocycles. The van der Waals surface area contributed by atoms with Crippen LogP contribution in [0, 0.1) is 6.92 Å². The molecule has 0 unspecified atom stereocenters. The van der Waals surface area contributed by atoms with Crippen LogP contribution in [0.4, 0.5) is 0 Å². The molecule has 20 heavy (non-hydrogen) atoms. The number of aryl methyl sites for hydroxylation is 1. The van der Waals surface area contributed by atoms with Gasteiger partial charge in [0.2, 0.25) is 0 Å². The maximum Gasteiger partial charge on any atom is 0.125 e. The van der Waals surface area contributed by atoms with Crippen LogP contribution in [-0.2, 0) is 0 Å². The van der Waals surface area contributed by atoms with Crippen molar-refractivity contribution in [3.63, 3.8) is 0 Å². The molecule has 114 valence electrons. The van der Waals surface area contributed by atoms with E-state index in [1.54, 1.807) is 6.92 Å². The Balaban J connectivity index is 2.26. The number of rotatable bonds is 10. The Morgan fingerprint density at radius 1 is 1.05 bits per heavy atom. The molecule has 0 amide bonds. The van der Waals surface area contributed by atoms with Crippen LogP contribution in [0.25, 0.3) is 0 Å². The molecule has 0 aromatic heterocycles. The van der Waals surface area contributed by atoms with Crippen molar-refractivity contribution in [2.75, 3.05) is 6.61 Å². The lowest BCUT2D eigenvalue weighted by Crippen LogP contribution is -2.02. The van der Waals surface area contributed by atoms with Crippen molar-refractivity contribution in [1.82, 2.24) is 0 Å². The van der Waals surface area contributed by atoms with E-state index in [-0.39, 0.29) is 0 Å². The summed E-state index contributed by atoms with van der Waals surface area (Å²) in [6.45, 7) is 6.82. The molecular weight excluding hydrogens is 248 g/mol. The highest BCUT2D eigenvalue weighted by atomic mass is 16.5. The van der Waals surface area contributed by atoms with Crippen LogP contribution in [0.2, 0.25) is 0 Å². The summed E-state index contributed by atoms with van der Waals surface area (Å²) in [5, 5.41) is 9.74. The first-order chi connectivity index (χ1) is 9.65. The Hall–Kier alpha value is -1.02. The lowest BCUT2D eigenvalue weighted by Gasteiger charge is -2.14. The van der Waals surface area contributed by atoms with E-state index in [4.69, 9.17) is 4.74 Å². The monoisotopic (exact) mass is 278 g/mol. The lowest BCUT2D eigenvalue weighted by atomic mass is 10.1. The van der Waals surface area contributed by atoms with Gasteiger partial charge in [-0.1, -0.05) is 57.6 Å². The number of aliphatic hydroxyl groups excluding tert-OH is 1. The maximum absolute atomic E-state index is 9.74. The molecule has 0 bridgehead atoms. The molecule has 1 aromatic carbocycles. The van der Waals surface area contributed by atoms with Gasteiger partial charge in [0.05, 0.1) is 12.7 Å². The number of unbranched alkanes of at least 4 members (excludes halogenated alkanes) is 6. The molecule has 0 spiro atoms. The second-order valence-electron chi connectivity index (χ2n) is 5.69. The highest BCUT2D eigenvalue weighted by Crippen LogP contribution is 2.26. The summed E-state index contributed by atoms with van der Waals surface area (Å²) in [4.78, 5) is 0. The number of hydrogen-bond donors (Lipinski definition) is 1. The molecule has 0 saturated heterocycles. The normalized spacial score (nSPS) is 12.4. The fourth-order valence-corrected chi connectivity index (χ4v) is 2.35. The van der Waals surface area contributed by atoms with E-state index in [1.165, 1.54) is 44.1 Å². The minimum atomic E-state index is -0.473.